The number of amides is 2. The highest BCUT2D eigenvalue weighted by molar-refractivity contribution is 5.97. The van der Waals surface area contributed by atoms with Crippen molar-refractivity contribution in [1.82, 2.24) is 20.6 Å². The summed E-state index contributed by atoms with van der Waals surface area (Å²) in [5.74, 6) is -0.564. The monoisotopic (exact) mass is 574 g/mol. The first-order valence-electron chi connectivity index (χ1n) is 13.7. The molecule has 222 valence electrons. The van der Waals surface area contributed by atoms with Gasteiger partial charge in [-0.05, 0) is 49.4 Å². The smallest absolute Gasteiger partial charge is 0.308 e. The van der Waals surface area contributed by atoms with E-state index in [2.05, 4.69) is 41.4 Å². The van der Waals surface area contributed by atoms with E-state index in [-0.39, 0.29) is 36.5 Å². The van der Waals surface area contributed by atoms with E-state index in [1.165, 1.54) is 12.4 Å². The number of rotatable bonds is 11. The van der Waals surface area contributed by atoms with E-state index in [0.29, 0.717) is 17.9 Å². The fraction of sp³-hybridized carbons (Fsp3) is 0.375. The molecule has 42 heavy (non-hydrogen) atoms. The van der Waals surface area contributed by atoms with Crippen LogP contribution in [0.1, 0.15) is 69.4 Å². The summed E-state index contributed by atoms with van der Waals surface area (Å²) in [7, 11) is 0. The largest absolute Gasteiger partial charge is 0.460 e. The molecule has 10 heteroatoms. The van der Waals surface area contributed by atoms with Gasteiger partial charge in [-0.1, -0.05) is 57.2 Å². The number of hydrogen-bond donors (Lipinski definition) is 2. The Labute approximate surface area is 246 Å². The van der Waals surface area contributed by atoms with Crippen LogP contribution in [0, 0.1) is 0 Å². The number of hydrogen-bond acceptors (Lipinski definition) is 8. The molecule has 0 aliphatic carbocycles. The van der Waals surface area contributed by atoms with E-state index in [9.17, 15) is 19.2 Å². The molecule has 3 rings (SSSR count). The molecule has 0 unspecified atom stereocenters. The molecule has 0 radical (unpaired) electrons. The molecule has 0 aliphatic rings. The molecule has 2 aromatic carbocycles. The third-order valence-corrected chi connectivity index (χ3v) is 6.15. The van der Waals surface area contributed by atoms with E-state index < -0.39 is 23.5 Å². The standard InChI is InChI=1S/C32H38N4O6/c1-31(2,3)24-13-11-23(12-14-24)29(39)36-26(30(40)33-16-15-27(38)42-32(4,5)6)17-21-7-9-22(10-8-21)28-34-18-25(19-35-28)41-20-37/h7-14,18-20,26H,15-17H2,1-6H3,(H,33,40)(H,36,39)/t26-/m0/s1. The Balaban J connectivity index is 1.73. The highest BCUT2D eigenvalue weighted by atomic mass is 16.6. The minimum atomic E-state index is -0.902. The van der Waals surface area contributed by atoms with Crippen LogP contribution in [0.4, 0.5) is 0 Å². The van der Waals surface area contributed by atoms with Gasteiger partial charge in [-0.25, -0.2) is 9.97 Å². The number of benzene rings is 2. The quantitative estimate of drug-likeness (QED) is 0.257. The maximum absolute atomic E-state index is 13.2. The third-order valence-electron chi connectivity index (χ3n) is 6.15. The van der Waals surface area contributed by atoms with Gasteiger partial charge in [0.2, 0.25) is 5.91 Å². The minimum absolute atomic E-state index is 0.00329. The Morgan fingerprint density at radius 3 is 2.07 bits per heavy atom. The molecule has 0 fully saturated rings. The Morgan fingerprint density at radius 2 is 1.52 bits per heavy atom. The molecule has 2 amide bonds. The molecule has 0 spiro atoms. The Hall–Kier alpha value is -4.60. The molecule has 0 saturated heterocycles. The van der Waals surface area contributed by atoms with Gasteiger partial charge in [-0.2, -0.15) is 0 Å². The van der Waals surface area contributed by atoms with Crippen molar-refractivity contribution in [3.05, 3.63) is 77.6 Å². The van der Waals surface area contributed by atoms with Crippen LogP contribution in [0.2, 0.25) is 0 Å². The van der Waals surface area contributed by atoms with E-state index in [1.54, 1.807) is 45.0 Å². The lowest BCUT2D eigenvalue weighted by Gasteiger charge is -2.21. The van der Waals surface area contributed by atoms with E-state index in [1.807, 2.05) is 24.3 Å². The average Bonchev–Trinajstić information content (AvgIpc) is 2.92. The number of aromatic nitrogens is 2. The second-order valence-electron chi connectivity index (χ2n) is 11.8. The summed E-state index contributed by atoms with van der Waals surface area (Å²) in [4.78, 5) is 57.3. The summed E-state index contributed by atoms with van der Waals surface area (Å²) in [6.45, 7) is 12.0. The number of carbonyl (C=O) groups is 4. The maximum atomic E-state index is 13.2. The molecule has 3 aromatic rings. The van der Waals surface area contributed by atoms with Crippen LogP contribution in [0.25, 0.3) is 11.4 Å². The first-order chi connectivity index (χ1) is 19.7. The zero-order chi connectivity index (χ0) is 30.9. The van der Waals surface area contributed by atoms with Gasteiger partial charge in [-0.15, -0.1) is 0 Å². The predicted octanol–water partition coefficient (Wildman–Crippen LogP) is 4.17. The molecule has 0 aliphatic heterocycles. The van der Waals surface area contributed by atoms with Gasteiger partial charge >= 0.3 is 5.97 Å². The SMILES string of the molecule is CC(C)(C)OC(=O)CCNC(=O)[C@H](Cc1ccc(-c2ncc(OC=O)cn2)cc1)NC(=O)c1ccc(C(C)(C)C)cc1. The number of ether oxygens (including phenoxy) is 2. The van der Waals surface area contributed by atoms with Crippen LogP contribution >= 0.6 is 0 Å². The van der Waals surface area contributed by atoms with Crippen LogP contribution in [0.3, 0.4) is 0 Å². The third kappa shape index (κ3) is 9.79. The molecular weight excluding hydrogens is 536 g/mol. The highest BCUT2D eigenvalue weighted by Crippen LogP contribution is 2.22. The summed E-state index contributed by atoms with van der Waals surface area (Å²) < 4.78 is 10.0. The van der Waals surface area contributed by atoms with Crippen molar-refractivity contribution in [2.24, 2.45) is 0 Å². The average molecular weight is 575 g/mol. The normalized spacial score (nSPS) is 12.1. The molecule has 1 aromatic heterocycles. The van der Waals surface area contributed by atoms with E-state index >= 15 is 0 Å². The Morgan fingerprint density at radius 1 is 0.905 bits per heavy atom. The van der Waals surface area contributed by atoms with Crippen molar-refractivity contribution in [2.45, 2.75) is 71.4 Å². The molecular formula is C32H38N4O6. The zero-order valence-corrected chi connectivity index (χ0v) is 24.9. The van der Waals surface area contributed by atoms with E-state index in [4.69, 9.17) is 9.47 Å². The molecule has 1 atom stereocenters. The lowest BCUT2D eigenvalue weighted by Crippen LogP contribution is -2.48. The Bertz CT molecular complexity index is 1370. The second-order valence-corrected chi connectivity index (χ2v) is 11.8. The highest BCUT2D eigenvalue weighted by Gasteiger charge is 2.23. The Kier molecular flexibility index (Phi) is 10.5. The molecule has 0 bridgehead atoms. The summed E-state index contributed by atoms with van der Waals surface area (Å²) in [6.07, 6.45) is 3.00. The molecule has 10 nitrogen and oxygen atoms in total. The topological polar surface area (TPSA) is 137 Å². The molecule has 0 saturated carbocycles. The number of nitrogens with zero attached hydrogens (tertiary/aromatic N) is 2. The van der Waals surface area contributed by atoms with Crippen LogP contribution in [-0.2, 0) is 31.0 Å². The summed E-state index contributed by atoms with van der Waals surface area (Å²) in [5, 5.41) is 5.59. The van der Waals surface area contributed by atoms with Crippen molar-refractivity contribution in [3.8, 4) is 17.1 Å². The van der Waals surface area contributed by atoms with Gasteiger partial charge in [0.25, 0.3) is 12.4 Å². The zero-order valence-electron chi connectivity index (χ0n) is 24.9. The number of esters is 1. The van der Waals surface area contributed by atoms with Crippen LogP contribution in [0.15, 0.2) is 60.9 Å². The van der Waals surface area contributed by atoms with Gasteiger partial charge in [0.05, 0.1) is 18.8 Å². The number of nitrogens with one attached hydrogen (secondary N) is 2. The van der Waals surface area contributed by atoms with Gasteiger partial charge < -0.3 is 20.1 Å². The van der Waals surface area contributed by atoms with Crippen molar-refractivity contribution >= 4 is 24.3 Å². The fourth-order valence-electron chi connectivity index (χ4n) is 3.98. The van der Waals surface area contributed by atoms with Gasteiger partial charge in [0, 0.05) is 24.1 Å². The van der Waals surface area contributed by atoms with Gasteiger partial charge in [-0.3, -0.25) is 19.2 Å². The van der Waals surface area contributed by atoms with Crippen molar-refractivity contribution in [2.75, 3.05) is 6.54 Å². The summed E-state index contributed by atoms with van der Waals surface area (Å²) >= 11 is 0. The fourth-order valence-corrected chi connectivity index (χ4v) is 3.98. The maximum Gasteiger partial charge on any atom is 0.308 e. The van der Waals surface area contributed by atoms with Gasteiger partial charge in [0.1, 0.15) is 11.6 Å². The number of carbonyl (C=O) groups excluding carboxylic acids is 4. The minimum Gasteiger partial charge on any atom is -0.460 e. The predicted molar refractivity (Wildman–Crippen MR) is 158 cm³/mol. The van der Waals surface area contributed by atoms with Crippen LogP contribution < -0.4 is 15.4 Å². The lowest BCUT2D eigenvalue weighted by molar-refractivity contribution is -0.154. The molecule has 1 heterocycles. The lowest BCUT2D eigenvalue weighted by atomic mass is 9.86. The van der Waals surface area contributed by atoms with Crippen molar-refractivity contribution < 1.29 is 28.7 Å². The van der Waals surface area contributed by atoms with Crippen molar-refractivity contribution in [3.63, 3.8) is 0 Å². The van der Waals surface area contributed by atoms with Crippen LogP contribution in [0.5, 0.6) is 5.75 Å². The van der Waals surface area contributed by atoms with E-state index in [0.717, 1.165) is 16.7 Å². The first-order valence-corrected chi connectivity index (χ1v) is 13.7. The van der Waals surface area contributed by atoms with Crippen molar-refractivity contribution in [1.29, 1.82) is 0 Å². The summed E-state index contributed by atoms with van der Waals surface area (Å²) in [6, 6.07) is 13.6. The first kappa shape index (κ1) is 31.9. The summed E-state index contributed by atoms with van der Waals surface area (Å²) in [5.41, 5.74) is 2.35. The molecule has 2 N–H and O–H groups in total. The van der Waals surface area contributed by atoms with Crippen LogP contribution in [-0.4, -0.2) is 52.4 Å². The van der Waals surface area contributed by atoms with Gasteiger partial charge in [0.15, 0.2) is 11.6 Å². The second kappa shape index (κ2) is 13.8.